The lowest BCUT2D eigenvalue weighted by Crippen LogP contribution is -2.31. The summed E-state index contributed by atoms with van der Waals surface area (Å²) in [7, 11) is 1.63. The van der Waals surface area contributed by atoms with E-state index in [1.54, 1.807) is 7.11 Å². The molecular weight excluding hydrogens is 290 g/mol. The Morgan fingerprint density at radius 3 is 2.57 bits per heavy atom. The summed E-state index contributed by atoms with van der Waals surface area (Å²) in [5.41, 5.74) is 3.18. The molecule has 0 aliphatic rings. The maximum absolute atomic E-state index is 12.1. The Morgan fingerprint density at radius 2 is 1.87 bits per heavy atom. The minimum absolute atomic E-state index is 0.0120. The van der Waals surface area contributed by atoms with Crippen molar-refractivity contribution in [3.05, 3.63) is 59.2 Å². The quantitative estimate of drug-likeness (QED) is 0.887. The van der Waals surface area contributed by atoms with Crippen molar-refractivity contribution in [2.75, 3.05) is 13.7 Å². The smallest absolute Gasteiger partial charge is 0.258 e. The molecular formula is C19H23NO3. The molecule has 4 nitrogen and oxygen atoms in total. The topological polar surface area (TPSA) is 47.6 Å². The first-order chi connectivity index (χ1) is 11.0. The summed E-state index contributed by atoms with van der Waals surface area (Å²) in [5.74, 6) is 1.30. The van der Waals surface area contributed by atoms with Gasteiger partial charge in [-0.15, -0.1) is 0 Å². The summed E-state index contributed by atoms with van der Waals surface area (Å²) in [4.78, 5) is 12.1. The predicted octanol–water partition coefficient (Wildman–Crippen LogP) is 3.57. The fourth-order valence-corrected chi connectivity index (χ4v) is 2.41. The monoisotopic (exact) mass is 313 g/mol. The highest BCUT2D eigenvalue weighted by Crippen LogP contribution is 2.26. The van der Waals surface area contributed by atoms with Crippen LogP contribution < -0.4 is 14.8 Å². The van der Waals surface area contributed by atoms with E-state index in [9.17, 15) is 4.79 Å². The summed E-state index contributed by atoms with van der Waals surface area (Å²) in [6, 6.07) is 13.4. The molecule has 23 heavy (non-hydrogen) atoms. The zero-order valence-corrected chi connectivity index (χ0v) is 14.1. The number of nitrogens with one attached hydrogen (secondary N) is 1. The third-order valence-electron chi connectivity index (χ3n) is 3.59. The number of ether oxygens (including phenoxy) is 2. The van der Waals surface area contributed by atoms with Gasteiger partial charge >= 0.3 is 0 Å². The van der Waals surface area contributed by atoms with E-state index in [2.05, 4.69) is 5.32 Å². The van der Waals surface area contributed by atoms with Crippen LogP contribution in [0.5, 0.6) is 11.5 Å². The molecule has 0 aliphatic heterocycles. The molecule has 1 amide bonds. The van der Waals surface area contributed by atoms with Crippen molar-refractivity contribution < 1.29 is 14.3 Å². The number of aryl methyl sites for hydroxylation is 2. The van der Waals surface area contributed by atoms with Gasteiger partial charge in [-0.25, -0.2) is 0 Å². The molecule has 1 N–H and O–H groups in total. The number of carbonyl (C=O) groups excluding carboxylic acids is 1. The zero-order chi connectivity index (χ0) is 16.8. The molecule has 0 heterocycles. The third-order valence-corrected chi connectivity index (χ3v) is 3.59. The molecule has 0 aromatic heterocycles. The van der Waals surface area contributed by atoms with Crippen molar-refractivity contribution in [3.63, 3.8) is 0 Å². The average Bonchev–Trinajstić information content (AvgIpc) is 2.53. The number of carbonyl (C=O) groups is 1. The third kappa shape index (κ3) is 4.74. The van der Waals surface area contributed by atoms with Crippen molar-refractivity contribution in [3.8, 4) is 11.5 Å². The largest absolute Gasteiger partial charge is 0.496 e. The van der Waals surface area contributed by atoms with E-state index >= 15 is 0 Å². The average molecular weight is 313 g/mol. The second-order valence-corrected chi connectivity index (χ2v) is 5.64. The van der Waals surface area contributed by atoms with Gasteiger partial charge in [0.15, 0.2) is 6.61 Å². The van der Waals surface area contributed by atoms with E-state index in [0.717, 1.165) is 22.4 Å². The molecule has 2 aromatic rings. The van der Waals surface area contributed by atoms with Gasteiger partial charge in [0, 0.05) is 5.56 Å². The van der Waals surface area contributed by atoms with E-state index in [0.29, 0.717) is 5.75 Å². The molecule has 0 aliphatic carbocycles. The van der Waals surface area contributed by atoms with Gasteiger partial charge in [-0.1, -0.05) is 29.8 Å². The Morgan fingerprint density at radius 1 is 1.13 bits per heavy atom. The molecule has 0 fully saturated rings. The minimum atomic E-state index is -0.164. The van der Waals surface area contributed by atoms with Crippen LogP contribution in [0.3, 0.4) is 0 Å². The Bertz CT molecular complexity index is 682. The maximum Gasteiger partial charge on any atom is 0.258 e. The second-order valence-electron chi connectivity index (χ2n) is 5.64. The molecule has 0 unspecified atom stereocenters. The molecule has 2 rings (SSSR count). The van der Waals surface area contributed by atoms with Gasteiger partial charge in [0.05, 0.1) is 13.2 Å². The van der Waals surface area contributed by atoms with E-state index in [-0.39, 0.29) is 18.6 Å². The van der Waals surface area contributed by atoms with Crippen molar-refractivity contribution in [1.29, 1.82) is 0 Å². The standard InChI is InChI=1S/C19H23NO3/c1-13-6-5-7-16(10-13)23-12-19(21)20-15(3)17-11-14(2)8-9-18(17)22-4/h5-11,15H,12H2,1-4H3,(H,20,21)/t15-/m1/s1. The number of hydrogen-bond donors (Lipinski definition) is 1. The first kappa shape index (κ1) is 16.9. The predicted molar refractivity (Wildman–Crippen MR) is 91.0 cm³/mol. The van der Waals surface area contributed by atoms with Crippen molar-refractivity contribution in [1.82, 2.24) is 5.32 Å². The number of amides is 1. The zero-order valence-electron chi connectivity index (χ0n) is 14.1. The van der Waals surface area contributed by atoms with Crippen molar-refractivity contribution in [2.24, 2.45) is 0 Å². The highest BCUT2D eigenvalue weighted by atomic mass is 16.5. The van der Waals surface area contributed by atoms with Crippen LogP contribution in [0.15, 0.2) is 42.5 Å². The fourth-order valence-electron chi connectivity index (χ4n) is 2.41. The molecule has 1 atom stereocenters. The maximum atomic E-state index is 12.1. The van der Waals surface area contributed by atoms with Gasteiger partial charge in [-0.2, -0.15) is 0 Å². The Labute approximate surface area is 137 Å². The van der Waals surface area contributed by atoms with E-state index < -0.39 is 0 Å². The molecule has 122 valence electrons. The SMILES string of the molecule is COc1ccc(C)cc1[C@@H](C)NC(=O)COc1cccc(C)c1. The second kappa shape index (κ2) is 7.68. The van der Waals surface area contributed by atoms with Gasteiger partial charge in [0.1, 0.15) is 11.5 Å². The van der Waals surface area contributed by atoms with Gasteiger partial charge in [0.25, 0.3) is 5.91 Å². The highest BCUT2D eigenvalue weighted by Gasteiger charge is 2.14. The van der Waals surface area contributed by atoms with Crippen LogP contribution in [0.4, 0.5) is 0 Å². The van der Waals surface area contributed by atoms with Gasteiger partial charge < -0.3 is 14.8 Å². The molecule has 0 radical (unpaired) electrons. The summed E-state index contributed by atoms with van der Waals surface area (Å²) in [5, 5.41) is 2.94. The van der Waals surface area contributed by atoms with Crippen LogP contribution in [0.25, 0.3) is 0 Å². The number of benzene rings is 2. The fraction of sp³-hybridized carbons (Fsp3) is 0.316. The summed E-state index contributed by atoms with van der Waals surface area (Å²) < 4.78 is 10.9. The number of methoxy groups -OCH3 is 1. The Hall–Kier alpha value is -2.49. The van der Waals surface area contributed by atoms with Crippen molar-refractivity contribution in [2.45, 2.75) is 26.8 Å². The Kier molecular flexibility index (Phi) is 5.63. The van der Waals surface area contributed by atoms with E-state index in [4.69, 9.17) is 9.47 Å². The van der Waals surface area contributed by atoms with Gasteiger partial charge in [-0.05, 0) is 44.5 Å². The lowest BCUT2D eigenvalue weighted by molar-refractivity contribution is -0.123. The molecule has 4 heteroatoms. The molecule has 0 bridgehead atoms. The first-order valence-electron chi connectivity index (χ1n) is 7.63. The lowest BCUT2D eigenvalue weighted by atomic mass is 10.0. The molecule has 0 saturated carbocycles. The van der Waals surface area contributed by atoms with Crippen molar-refractivity contribution >= 4 is 5.91 Å². The number of rotatable bonds is 6. The van der Waals surface area contributed by atoms with Crippen LogP contribution in [0.1, 0.15) is 29.7 Å². The van der Waals surface area contributed by atoms with Crippen LogP contribution in [0, 0.1) is 13.8 Å². The first-order valence-corrected chi connectivity index (χ1v) is 7.63. The van der Waals surface area contributed by atoms with Crippen LogP contribution >= 0.6 is 0 Å². The van der Waals surface area contributed by atoms with Crippen LogP contribution in [-0.2, 0) is 4.79 Å². The van der Waals surface area contributed by atoms with Crippen LogP contribution in [0.2, 0.25) is 0 Å². The lowest BCUT2D eigenvalue weighted by Gasteiger charge is -2.18. The molecule has 2 aromatic carbocycles. The molecule has 0 saturated heterocycles. The highest BCUT2D eigenvalue weighted by molar-refractivity contribution is 5.78. The van der Waals surface area contributed by atoms with E-state index in [1.165, 1.54) is 0 Å². The summed E-state index contributed by atoms with van der Waals surface area (Å²) in [6.45, 7) is 5.92. The summed E-state index contributed by atoms with van der Waals surface area (Å²) >= 11 is 0. The Balaban J connectivity index is 1.96. The van der Waals surface area contributed by atoms with Gasteiger partial charge in [-0.3, -0.25) is 4.79 Å². The molecule has 0 spiro atoms. The number of hydrogen-bond acceptors (Lipinski definition) is 3. The summed E-state index contributed by atoms with van der Waals surface area (Å²) in [6.07, 6.45) is 0. The van der Waals surface area contributed by atoms with E-state index in [1.807, 2.05) is 63.2 Å². The normalized spacial score (nSPS) is 11.7. The van der Waals surface area contributed by atoms with Crippen LogP contribution in [-0.4, -0.2) is 19.6 Å². The van der Waals surface area contributed by atoms with Gasteiger partial charge in [0.2, 0.25) is 0 Å². The minimum Gasteiger partial charge on any atom is -0.496 e.